The number of nitrogens with zero attached hydrogens (tertiary/aromatic N) is 4. The lowest BCUT2D eigenvalue weighted by Crippen LogP contribution is -2.17. The van der Waals surface area contributed by atoms with Crippen LogP contribution in [0.4, 0.5) is 11.4 Å². The Labute approximate surface area is 178 Å². The molecule has 11 heteroatoms. The van der Waals surface area contributed by atoms with Gasteiger partial charge in [-0.3, -0.25) is 25.0 Å². The molecule has 1 amide bonds. The van der Waals surface area contributed by atoms with E-state index in [0.717, 1.165) is 11.3 Å². The second-order valence-corrected chi connectivity index (χ2v) is 8.06. The second-order valence-electron chi connectivity index (χ2n) is 6.07. The lowest BCUT2D eigenvalue weighted by molar-refractivity contribution is -0.385. The molecule has 0 atom stereocenters. The molecule has 0 spiro atoms. The quantitative estimate of drug-likeness (QED) is 0.308. The fraction of sp³-hybridized carbons (Fsp3) is 0.158. The van der Waals surface area contributed by atoms with Gasteiger partial charge in [0.15, 0.2) is 4.80 Å². The van der Waals surface area contributed by atoms with Gasteiger partial charge < -0.3 is 4.57 Å². The predicted molar refractivity (Wildman–Crippen MR) is 118 cm³/mol. The summed E-state index contributed by atoms with van der Waals surface area (Å²) in [7, 11) is 0. The second kappa shape index (κ2) is 9.46. The molecule has 0 radical (unpaired) electrons. The number of aromatic nitrogens is 1. The highest BCUT2D eigenvalue weighted by Gasteiger charge is 2.12. The number of carbonyl (C=O) groups excluding carboxylic acids is 1. The number of amides is 1. The molecule has 154 valence electrons. The normalized spacial score (nSPS) is 12.0. The highest BCUT2D eigenvalue weighted by molar-refractivity contribution is 7.98. The van der Waals surface area contributed by atoms with Crippen LogP contribution < -0.4 is 4.80 Å². The van der Waals surface area contributed by atoms with Crippen molar-refractivity contribution in [2.24, 2.45) is 4.99 Å². The van der Waals surface area contributed by atoms with E-state index in [4.69, 9.17) is 0 Å². The third-order valence-electron chi connectivity index (χ3n) is 4.12. The van der Waals surface area contributed by atoms with Crippen molar-refractivity contribution in [3.05, 3.63) is 79.1 Å². The summed E-state index contributed by atoms with van der Waals surface area (Å²) in [6, 6.07) is 10.4. The molecule has 3 aromatic rings. The molecule has 3 rings (SSSR count). The molecule has 9 nitrogen and oxygen atoms in total. The Balaban J connectivity index is 1.93. The molecule has 30 heavy (non-hydrogen) atoms. The van der Waals surface area contributed by atoms with Crippen LogP contribution in [0.5, 0.6) is 0 Å². The molecule has 2 aromatic carbocycles. The average molecular weight is 444 g/mol. The van der Waals surface area contributed by atoms with Gasteiger partial charge in [0.05, 0.1) is 20.1 Å². The van der Waals surface area contributed by atoms with Gasteiger partial charge in [-0.1, -0.05) is 11.3 Å². The Morgan fingerprint density at radius 2 is 1.80 bits per heavy atom. The molecule has 1 heterocycles. The molecular weight excluding hydrogens is 428 g/mol. The first-order chi connectivity index (χ1) is 14.4. The molecule has 0 saturated heterocycles. The maximum absolute atomic E-state index is 12.4. The number of rotatable bonds is 7. The number of aryl methyl sites for hydroxylation is 1. The van der Waals surface area contributed by atoms with Crippen molar-refractivity contribution in [3.8, 4) is 0 Å². The summed E-state index contributed by atoms with van der Waals surface area (Å²) in [5.41, 5.74) is 1.37. The Hall–Kier alpha value is -3.31. The number of carbonyl (C=O) groups is 1. The zero-order chi connectivity index (χ0) is 21.7. The minimum atomic E-state index is -0.493. The van der Waals surface area contributed by atoms with Crippen LogP contribution in [0, 0.1) is 20.2 Å². The van der Waals surface area contributed by atoms with Gasteiger partial charge in [0.2, 0.25) is 0 Å². The van der Waals surface area contributed by atoms with E-state index >= 15 is 0 Å². The smallest absolute Gasteiger partial charge is 0.272 e. The van der Waals surface area contributed by atoms with Crippen LogP contribution >= 0.6 is 23.1 Å². The first-order valence-electron chi connectivity index (χ1n) is 8.67. The van der Waals surface area contributed by atoms with Crippen LogP contribution in [0.25, 0.3) is 16.3 Å². The summed E-state index contributed by atoms with van der Waals surface area (Å²) in [6.45, 7) is 0.608. The Kier molecular flexibility index (Phi) is 6.75. The van der Waals surface area contributed by atoms with Gasteiger partial charge in [0.1, 0.15) is 0 Å². The molecule has 0 fully saturated rings. The van der Waals surface area contributed by atoms with Crippen molar-refractivity contribution in [1.82, 2.24) is 4.57 Å². The highest BCUT2D eigenvalue weighted by Crippen LogP contribution is 2.23. The van der Waals surface area contributed by atoms with Crippen molar-refractivity contribution in [2.75, 3.05) is 12.0 Å². The molecule has 0 bridgehead atoms. The molecule has 0 aliphatic rings. The number of nitro groups is 2. The molecule has 0 aliphatic carbocycles. The van der Waals surface area contributed by atoms with Crippen LogP contribution in [0.1, 0.15) is 5.56 Å². The highest BCUT2D eigenvalue weighted by atomic mass is 32.2. The molecule has 0 unspecified atom stereocenters. The number of benzene rings is 2. The fourth-order valence-corrected chi connectivity index (χ4v) is 4.13. The van der Waals surface area contributed by atoms with Crippen molar-refractivity contribution < 1.29 is 14.6 Å². The largest absolute Gasteiger partial charge is 0.315 e. The SMILES string of the molecule is CSCCn1c(=NC(=O)C=Cc2ccc([N+](=O)[O-])cc2)sc2cc([N+](=O)[O-])ccc21. The summed E-state index contributed by atoms with van der Waals surface area (Å²) in [5, 5.41) is 21.7. The van der Waals surface area contributed by atoms with Gasteiger partial charge in [-0.25, -0.2) is 0 Å². The maximum atomic E-state index is 12.4. The van der Waals surface area contributed by atoms with Gasteiger partial charge in [-0.15, -0.1) is 0 Å². The first kappa shape index (κ1) is 21.4. The van der Waals surface area contributed by atoms with E-state index in [1.54, 1.807) is 30.0 Å². The van der Waals surface area contributed by atoms with Crippen LogP contribution in [-0.4, -0.2) is 32.3 Å². The van der Waals surface area contributed by atoms with Crippen molar-refractivity contribution in [1.29, 1.82) is 0 Å². The molecule has 0 saturated carbocycles. The summed E-state index contributed by atoms with van der Waals surface area (Å²) < 4.78 is 2.55. The summed E-state index contributed by atoms with van der Waals surface area (Å²) >= 11 is 2.86. The predicted octanol–water partition coefficient (Wildman–Crippen LogP) is 4.02. The van der Waals surface area contributed by atoms with Crippen molar-refractivity contribution >= 4 is 56.7 Å². The summed E-state index contributed by atoms with van der Waals surface area (Å²) in [5.74, 6) is 0.301. The zero-order valence-corrected chi connectivity index (χ0v) is 17.4. The van der Waals surface area contributed by atoms with Crippen molar-refractivity contribution in [3.63, 3.8) is 0 Å². The van der Waals surface area contributed by atoms with Crippen LogP contribution in [0.2, 0.25) is 0 Å². The van der Waals surface area contributed by atoms with Crippen molar-refractivity contribution in [2.45, 2.75) is 6.54 Å². The molecule has 1 aromatic heterocycles. The van der Waals surface area contributed by atoms with Gasteiger partial charge in [-0.2, -0.15) is 16.8 Å². The van der Waals surface area contributed by atoms with E-state index in [0.29, 0.717) is 21.6 Å². The lowest BCUT2D eigenvalue weighted by Gasteiger charge is -2.03. The number of thioether (sulfide) groups is 1. The number of thiazole rings is 1. The van der Waals surface area contributed by atoms with E-state index in [1.807, 2.05) is 10.8 Å². The topological polar surface area (TPSA) is 121 Å². The fourth-order valence-electron chi connectivity index (χ4n) is 2.67. The monoisotopic (exact) mass is 444 g/mol. The van der Waals surface area contributed by atoms with Gasteiger partial charge in [0, 0.05) is 42.6 Å². The zero-order valence-electron chi connectivity index (χ0n) is 15.8. The van der Waals surface area contributed by atoms with E-state index in [2.05, 4.69) is 4.99 Å². The number of hydrogen-bond acceptors (Lipinski definition) is 7. The number of hydrogen-bond donors (Lipinski definition) is 0. The van der Waals surface area contributed by atoms with E-state index in [9.17, 15) is 25.0 Å². The minimum absolute atomic E-state index is 0.0169. The first-order valence-corrected chi connectivity index (χ1v) is 10.9. The number of non-ortho nitro benzene ring substituents is 2. The van der Waals surface area contributed by atoms with Crippen LogP contribution in [0.15, 0.2) is 53.5 Å². The molecule has 0 aliphatic heterocycles. The summed E-state index contributed by atoms with van der Waals surface area (Å²) in [4.78, 5) is 37.8. The van der Waals surface area contributed by atoms with E-state index in [-0.39, 0.29) is 11.4 Å². The van der Waals surface area contributed by atoms with E-state index in [1.165, 1.54) is 47.8 Å². The van der Waals surface area contributed by atoms with Crippen LogP contribution in [0.3, 0.4) is 0 Å². The minimum Gasteiger partial charge on any atom is -0.315 e. The third kappa shape index (κ3) is 4.99. The summed E-state index contributed by atoms with van der Waals surface area (Å²) in [6.07, 6.45) is 4.78. The van der Waals surface area contributed by atoms with Crippen LogP contribution in [-0.2, 0) is 11.3 Å². The Bertz CT molecular complexity index is 1210. The lowest BCUT2D eigenvalue weighted by atomic mass is 10.2. The van der Waals surface area contributed by atoms with Gasteiger partial charge in [-0.05, 0) is 36.1 Å². The van der Waals surface area contributed by atoms with Gasteiger partial charge >= 0.3 is 0 Å². The third-order valence-corrected chi connectivity index (χ3v) is 5.76. The standard InChI is InChI=1S/C19H16N4O5S2/c1-29-11-10-21-16-8-7-15(23(27)28)12-17(16)30-19(21)20-18(24)9-4-13-2-5-14(6-3-13)22(25)26/h2-9,12H,10-11H2,1H3. The number of nitro benzene ring substituents is 2. The number of fused-ring (bicyclic) bond motifs is 1. The molecular formula is C19H16N4O5S2. The Morgan fingerprint density at radius 1 is 1.13 bits per heavy atom. The van der Waals surface area contributed by atoms with E-state index < -0.39 is 15.8 Å². The Morgan fingerprint density at radius 3 is 2.43 bits per heavy atom. The average Bonchev–Trinajstić information content (AvgIpc) is 3.06. The maximum Gasteiger partial charge on any atom is 0.272 e. The van der Waals surface area contributed by atoms with Gasteiger partial charge in [0.25, 0.3) is 17.3 Å². The molecule has 0 N–H and O–H groups in total.